The first-order valence-corrected chi connectivity index (χ1v) is 5.98. The van der Waals surface area contributed by atoms with E-state index in [1.54, 1.807) is 7.11 Å². The van der Waals surface area contributed by atoms with Crippen LogP contribution in [0, 0.1) is 5.92 Å². The molecule has 0 fully saturated rings. The summed E-state index contributed by atoms with van der Waals surface area (Å²) in [4.78, 5) is 0. The second kappa shape index (κ2) is 6.54. The Morgan fingerprint density at radius 3 is 2.62 bits per heavy atom. The lowest BCUT2D eigenvalue weighted by Crippen LogP contribution is -2.26. The highest BCUT2D eigenvalue weighted by molar-refractivity contribution is 5.28. The molecule has 0 saturated heterocycles. The summed E-state index contributed by atoms with van der Waals surface area (Å²) < 4.78 is 5.20. The van der Waals surface area contributed by atoms with Gasteiger partial charge in [0, 0.05) is 12.6 Å². The predicted molar refractivity (Wildman–Crippen MR) is 68.8 cm³/mol. The average Bonchev–Trinajstić information content (AvgIpc) is 2.26. The molecule has 0 amide bonds. The summed E-state index contributed by atoms with van der Waals surface area (Å²) in [6, 6.07) is 8.77. The van der Waals surface area contributed by atoms with Crippen molar-refractivity contribution in [1.29, 1.82) is 0 Å². The van der Waals surface area contributed by atoms with Gasteiger partial charge < -0.3 is 10.1 Å². The highest BCUT2D eigenvalue weighted by Gasteiger charge is 2.04. The SMILES string of the molecule is COc1cccc(CNC(C)CC(C)C)c1. The van der Waals surface area contributed by atoms with Crippen LogP contribution in [0.2, 0.25) is 0 Å². The van der Waals surface area contributed by atoms with Crippen LogP contribution >= 0.6 is 0 Å². The van der Waals surface area contributed by atoms with Crippen molar-refractivity contribution in [3.05, 3.63) is 29.8 Å². The summed E-state index contributed by atoms with van der Waals surface area (Å²) in [5.41, 5.74) is 1.27. The summed E-state index contributed by atoms with van der Waals surface area (Å²) in [6.07, 6.45) is 1.21. The van der Waals surface area contributed by atoms with Crippen LogP contribution in [0.15, 0.2) is 24.3 Å². The van der Waals surface area contributed by atoms with Crippen LogP contribution in [0.4, 0.5) is 0 Å². The van der Waals surface area contributed by atoms with Gasteiger partial charge in [0.15, 0.2) is 0 Å². The zero-order valence-corrected chi connectivity index (χ0v) is 10.8. The number of methoxy groups -OCH3 is 1. The van der Waals surface area contributed by atoms with E-state index in [0.717, 1.165) is 18.2 Å². The molecule has 0 aromatic heterocycles. The minimum Gasteiger partial charge on any atom is -0.497 e. The molecule has 0 radical (unpaired) electrons. The molecule has 1 atom stereocenters. The van der Waals surface area contributed by atoms with Gasteiger partial charge in [-0.2, -0.15) is 0 Å². The summed E-state index contributed by atoms with van der Waals surface area (Å²) >= 11 is 0. The number of benzene rings is 1. The number of hydrogen-bond donors (Lipinski definition) is 1. The fraction of sp³-hybridized carbons (Fsp3) is 0.571. The molecule has 1 rings (SSSR count). The molecule has 0 aliphatic rings. The van der Waals surface area contributed by atoms with E-state index >= 15 is 0 Å². The second-order valence-electron chi connectivity index (χ2n) is 4.76. The zero-order valence-electron chi connectivity index (χ0n) is 10.8. The first kappa shape index (κ1) is 13.0. The van der Waals surface area contributed by atoms with Crippen molar-refractivity contribution >= 4 is 0 Å². The Bertz CT molecular complexity index is 309. The Balaban J connectivity index is 2.41. The zero-order chi connectivity index (χ0) is 12.0. The lowest BCUT2D eigenvalue weighted by Gasteiger charge is -2.16. The Morgan fingerprint density at radius 2 is 2.00 bits per heavy atom. The first-order chi connectivity index (χ1) is 7.61. The van der Waals surface area contributed by atoms with E-state index in [4.69, 9.17) is 4.74 Å². The van der Waals surface area contributed by atoms with Gasteiger partial charge in [-0.15, -0.1) is 0 Å². The van der Waals surface area contributed by atoms with Crippen LogP contribution in [-0.4, -0.2) is 13.2 Å². The average molecular weight is 221 g/mol. The molecule has 1 aromatic carbocycles. The molecule has 2 nitrogen and oxygen atoms in total. The van der Waals surface area contributed by atoms with E-state index in [9.17, 15) is 0 Å². The molecular formula is C14H23NO. The van der Waals surface area contributed by atoms with E-state index in [-0.39, 0.29) is 0 Å². The van der Waals surface area contributed by atoms with Crippen molar-refractivity contribution in [3.63, 3.8) is 0 Å². The Kier molecular flexibility index (Phi) is 5.33. The molecule has 90 valence electrons. The quantitative estimate of drug-likeness (QED) is 0.796. The van der Waals surface area contributed by atoms with Crippen LogP contribution in [0.25, 0.3) is 0 Å². The molecule has 0 aliphatic carbocycles. The fourth-order valence-corrected chi connectivity index (χ4v) is 1.86. The third kappa shape index (κ3) is 4.67. The Hall–Kier alpha value is -1.02. The van der Waals surface area contributed by atoms with Gasteiger partial charge in [-0.1, -0.05) is 26.0 Å². The van der Waals surface area contributed by atoms with Crippen LogP contribution in [0.3, 0.4) is 0 Å². The van der Waals surface area contributed by atoms with Crippen molar-refractivity contribution in [3.8, 4) is 5.75 Å². The van der Waals surface area contributed by atoms with Gasteiger partial charge in [0.1, 0.15) is 5.75 Å². The van der Waals surface area contributed by atoms with E-state index < -0.39 is 0 Å². The molecule has 0 spiro atoms. The summed E-state index contributed by atoms with van der Waals surface area (Å²) in [6.45, 7) is 7.65. The second-order valence-corrected chi connectivity index (χ2v) is 4.76. The van der Waals surface area contributed by atoms with Gasteiger partial charge >= 0.3 is 0 Å². The van der Waals surface area contributed by atoms with Crippen LogP contribution in [0.5, 0.6) is 5.75 Å². The van der Waals surface area contributed by atoms with E-state index in [0.29, 0.717) is 6.04 Å². The third-order valence-corrected chi connectivity index (χ3v) is 2.61. The summed E-state index contributed by atoms with van der Waals surface area (Å²) in [7, 11) is 1.70. The van der Waals surface area contributed by atoms with Crippen molar-refractivity contribution < 1.29 is 4.74 Å². The summed E-state index contributed by atoms with van der Waals surface area (Å²) in [5, 5.41) is 3.53. The molecule has 0 bridgehead atoms. The van der Waals surface area contributed by atoms with Gasteiger partial charge in [-0.25, -0.2) is 0 Å². The number of nitrogens with one attached hydrogen (secondary N) is 1. The molecule has 0 aliphatic heterocycles. The van der Waals surface area contributed by atoms with Gasteiger partial charge in [0.05, 0.1) is 7.11 Å². The highest BCUT2D eigenvalue weighted by Crippen LogP contribution is 2.13. The van der Waals surface area contributed by atoms with Gasteiger partial charge in [-0.05, 0) is 37.0 Å². The Morgan fingerprint density at radius 1 is 1.25 bits per heavy atom. The van der Waals surface area contributed by atoms with E-state index in [1.807, 2.05) is 12.1 Å². The van der Waals surface area contributed by atoms with Crippen molar-refractivity contribution in [1.82, 2.24) is 5.32 Å². The predicted octanol–water partition coefficient (Wildman–Crippen LogP) is 3.22. The molecule has 1 unspecified atom stereocenters. The minimum atomic E-state index is 0.561. The third-order valence-electron chi connectivity index (χ3n) is 2.61. The van der Waals surface area contributed by atoms with Crippen molar-refractivity contribution in [2.24, 2.45) is 5.92 Å². The van der Waals surface area contributed by atoms with Gasteiger partial charge in [-0.3, -0.25) is 0 Å². The number of rotatable bonds is 6. The first-order valence-electron chi connectivity index (χ1n) is 5.98. The maximum atomic E-state index is 5.20. The number of hydrogen-bond acceptors (Lipinski definition) is 2. The van der Waals surface area contributed by atoms with Crippen LogP contribution in [-0.2, 0) is 6.54 Å². The molecule has 1 aromatic rings. The van der Waals surface area contributed by atoms with Crippen LogP contribution < -0.4 is 10.1 Å². The maximum Gasteiger partial charge on any atom is 0.119 e. The van der Waals surface area contributed by atoms with Gasteiger partial charge in [0.25, 0.3) is 0 Å². The largest absolute Gasteiger partial charge is 0.497 e. The normalized spacial score (nSPS) is 12.8. The number of ether oxygens (including phenoxy) is 1. The minimum absolute atomic E-state index is 0.561. The summed E-state index contributed by atoms with van der Waals surface area (Å²) in [5.74, 6) is 1.67. The van der Waals surface area contributed by atoms with Crippen molar-refractivity contribution in [2.45, 2.75) is 39.8 Å². The van der Waals surface area contributed by atoms with E-state index in [2.05, 4.69) is 38.2 Å². The smallest absolute Gasteiger partial charge is 0.119 e. The molecular weight excluding hydrogens is 198 g/mol. The molecule has 16 heavy (non-hydrogen) atoms. The maximum absolute atomic E-state index is 5.20. The lowest BCUT2D eigenvalue weighted by molar-refractivity contribution is 0.412. The topological polar surface area (TPSA) is 21.3 Å². The van der Waals surface area contributed by atoms with Crippen molar-refractivity contribution in [2.75, 3.05) is 7.11 Å². The fourth-order valence-electron chi connectivity index (χ4n) is 1.86. The van der Waals surface area contributed by atoms with Crippen LogP contribution in [0.1, 0.15) is 32.8 Å². The Labute approximate surface area is 99.0 Å². The highest BCUT2D eigenvalue weighted by atomic mass is 16.5. The molecule has 1 N–H and O–H groups in total. The monoisotopic (exact) mass is 221 g/mol. The standard InChI is InChI=1S/C14H23NO/c1-11(2)8-12(3)15-10-13-6-5-7-14(9-13)16-4/h5-7,9,11-12,15H,8,10H2,1-4H3. The molecule has 2 heteroatoms. The van der Waals surface area contributed by atoms with Gasteiger partial charge in [0.2, 0.25) is 0 Å². The lowest BCUT2D eigenvalue weighted by atomic mass is 10.1. The van der Waals surface area contributed by atoms with E-state index in [1.165, 1.54) is 12.0 Å². The molecule has 0 saturated carbocycles. The molecule has 0 heterocycles.